The molecule has 61 heavy (non-hydrogen) atoms. The van der Waals surface area contributed by atoms with Crippen molar-refractivity contribution in [1.82, 2.24) is 4.57 Å². The lowest BCUT2D eigenvalue weighted by atomic mass is 9.80. The minimum atomic E-state index is 0.576. The van der Waals surface area contributed by atoms with Crippen LogP contribution in [0.2, 0.25) is 0 Å². The molecule has 3 nitrogen and oxygen atoms in total. The highest BCUT2D eigenvalue weighted by Crippen LogP contribution is 2.47. The minimum Gasteiger partial charge on any atom is -0.456 e. The fraction of sp³-hybridized carbons (Fsp3) is 0.103. The van der Waals surface area contributed by atoms with Gasteiger partial charge in [0.1, 0.15) is 11.2 Å². The quantitative estimate of drug-likeness (QED) is 0.161. The van der Waals surface area contributed by atoms with Crippen LogP contribution in [0.3, 0.4) is 0 Å². The molecule has 0 amide bonds. The lowest BCUT2D eigenvalue weighted by Gasteiger charge is -2.29. The van der Waals surface area contributed by atoms with Gasteiger partial charge in [-0.1, -0.05) is 147 Å². The van der Waals surface area contributed by atoms with E-state index in [1.807, 2.05) is 12.1 Å². The van der Waals surface area contributed by atoms with E-state index in [0.29, 0.717) is 5.92 Å². The Morgan fingerprint density at radius 3 is 2.03 bits per heavy atom. The third-order valence-corrected chi connectivity index (χ3v) is 13.2. The van der Waals surface area contributed by atoms with E-state index < -0.39 is 0 Å². The molecule has 292 valence electrons. The smallest absolute Gasteiger partial charge is 0.135 e. The topological polar surface area (TPSA) is 21.3 Å². The van der Waals surface area contributed by atoms with Crippen LogP contribution in [0.15, 0.2) is 205 Å². The fourth-order valence-electron chi connectivity index (χ4n) is 10.4. The summed E-state index contributed by atoms with van der Waals surface area (Å²) in [4.78, 5) is 2.49. The predicted molar refractivity (Wildman–Crippen MR) is 257 cm³/mol. The van der Waals surface area contributed by atoms with Crippen molar-refractivity contribution in [1.29, 1.82) is 0 Å². The van der Waals surface area contributed by atoms with E-state index in [4.69, 9.17) is 4.42 Å². The highest BCUT2D eigenvalue weighted by molar-refractivity contribution is 6.11. The maximum atomic E-state index is 6.24. The first-order chi connectivity index (χ1) is 30.3. The molecule has 0 atom stereocenters. The largest absolute Gasteiger partial charge is 0.456 e. The number of aromatic nitrogens is 1. The van der Waals surface area contributed by atoms with Gasteiger partial charge in [0.2, 0.25) is 0 Å². The van der Waals surface area contributed by atoms with Gasteiger partial charge in [0, 0.05) is 44.2 Å². The summed E-state index contributed by atoms with van der Waals surface area (Å²) in [6.45, 7) is 0. The average molecular weight is 785 g/mol. The van der Waals surface area contributed by atoms with Crippen molar-refractivity contribution < 1.29 is 4.42 Å². The van der Waals surface area contributed by atoms with Crippen molar-refractivity contribution in [2.45, 2.75) is 38.0 Å². The number of furan rings is 1. The summed E-state index contributed by atoms with van der Waals surface area (Å²) in [6.07, 6.45) is 6.45. The Morgan fingerprint density at radius 2 is 1.13 bits per heavy atom. The van der Waals surface area contributed by atoms with Crippen LogP contribution in [-0.2, 0) is 0 Å². The summed E-state index contributed by atoms with van der Waals surface area (Å²) in [5.41, 5.74) is 15.0. The number of benzene rings is 9. The average Bonchev–Trinajstić information content (AvgIpc) is 3.87. The number of rotatable bonds is 7. The van der Waals surface area contributed by atoms with Gasteiger partial charge in [0.25, 0.3) is 0 Å². The Kier molecular flexibility index (Phi) is 8.59. The highest BCUT2D eigenvalue weighted by Gasteiger charge is 2.24. The maximum absolute atomic E-state index is 6.24. The van der Waals surface area contributed by atoms with E-state index in [2.05, 4.69) is 198 Å². The van der Waals surface area contributed by atoms with E-state index in [0.717, 1.165) is 55.8 Å². The lowest BCUT2D eigenvalue weighted by Crippen LogP contribution is -2.12. The normalized spacial score (nSPS) is 13.5. The second-order valence-electron chi connectivity index (χ2n) is 16.7. The van der Waals surface area contributed by atoms with E-state index in [-0.39, 0.29) is 0 Å². The zero-order valence-corrected chi connectivity index (χ0v) is 34.0. The molecular weight excluding hydrogens is 741 g/mol. The second kappa shape index (κ2) is 14.7. The van der Waals surface area contributed by atoms with Crippen molar-refractivity contribution in [2.24, 2.45) is 0 Å². The molecule has 1 saturated carbocycles. The number of anilines is 3. The highest BCUT2D eigenvalue weighted by atomic mass is 16.3. The summed E-state index contributed by atoms with van der Waals surface area (Å²) in [5.74, 6) is 0.576. The Hall–Kier alpha value is -7.36. The third-order valence-electron chi connectivity index (χ3n) is 13.2. The molecule has 0 N–H and O–H groups in total. The fourth-order valence-corrected chi connectivity index (χ4v) is 10.4. The lowest BCUT2D eigenvalue weighted by molar-refractivity contribution is 0.445. The molecule has 2 heterocycles. The third kappa shape index (κ3) is 6.03. The van der Waals surface area contributed by atoms with E-state index in [1.165, 1.54) is 81.4 Å². The molecular formula is C58H44N2O. The van der Waals surface area contributed by atoms with Gasteiger partial charge in [-0.05, 0) is 125 Å². The molecule has 3 heteroatoms. The zero-order chi connectivity index (χ0) is 40.3. The van der Waals surface area contributed by atoms with E-state index in [9.17, 15) is 0 Å². The van der Waals surface area contributed by atoms with Gasteiger partial charge in [-0.15, -0.1) is 0 Å². The van der Waals surface area contributed by atoms with Crippen LogP contribution >= 0.6 is 0 Å². The molecule has 0 aliphatic heterocycles. The summed E-state index contributed by atoms with van der Waals surface area (Å²) in [5, 5.41) is 7.42. The predicted octanol–water partition coefficient (Wildman–Crippen LogP) is 16.7. The molecule has 1 aliphatic rings. The van der Waals surface area contributed by atoms with Crippen LogP contribution in [0.25, 0.3) is 82.5 Å². The van der Waals surface area contributed by atoms with Gasteiger partial charge in [0.15, 0.2) is 0 Å². The molecule has 1 fully saturated rings. The minimum absolute atomic E-state index is 0.576. The molecule has 11 aromatic rings. The van der Waals surface area contributed by atoms with E-state index >= 15 is 0 Å². The number of hydrogen-bond donors (Lipinski definition) is 0. The Labute approximate surface area is 355 Å². The first kappa shape index (κ1) is 35.6. The van der Waals surface area contributed by atoms with Crippen molar-refractivity contribution in [2.75, 3.05) is 4.90 Å². The van der Waals surface area contributed by atoms with Crippen LogP contribution in [-0.4, -0.2) is 4.57 Å². The molecule has 0 unspecified atom stereocenters. The molecule has 0 saturated heterocycles. The standard InChI is InChI=1S/C58H44N2O/c1-3-16-39(17-4-1)46-27-14-18-40-19-15-28-50(58(40)46)47-24-7-10-29-53(47)59(44-23-13-20-41(36-44)42-32-35-57-52(37-42)49-26-9-12-31-56(49)61-57)45-33-34-55-51(38-45)48-25-8-11-30-54(48)60(55)43-21-5-2-6-22-43/h2,5-15,18-39H,1,3-4,16-17H2. The van der Waals surface area contributed by atoms with Gasteiger partial charge in [0.05, 0.1) is 16.7 Å². The molecule has 12 rings (SSSR count). The Bertz CT molecular complexity index is 3420. The van der Waals surface area contributed by atoms with Crippen LogP contribution in [0.5, 0.6) is 0 Å². The Morgan fingerprint density at radius 1 is 0.443 bits per heavy atom. The monoisotopic (exact) mass is 784 g/mol. The Balaban J connectivity index is 1.09. The number of fused-ring (bicyclic) bond motifs is 7. The number of hydrogen-bond acceptors (Lipinski definition) is 2. The van der Waals surface area contributed by atoms with Gasteiger partial charge in [-0.2, -0.15) is 0 Å². The maximum Gasteiger partial charge on any atom is 0.135 e. The van der Waals surface area contributed by atoms with Crippen LogP contribution in [0, 0.1) is 0 Å². The van der Waals surface area contributed by atoms with Gasteiger partial charge >= 0.3 is 0 Å². The summed E-state index contributed by atoms with van der Waals surface area (Å²) >= 11 is 0. The van der Waals surface area contributed by atoms with Crippen molar-refractivity contribution in [3.8, 4) is 27.9 Å². The van der Waals surface area contributed by atoms with E-state index in [1.54, 1.807) is 0 Å². The van der Waals surface area contributed by atoms with Crippen molar-refractivity contribution >= 4 is 71.6 Å². The molecule has 0 spiro atoms. The van der Waals surface area contributed by atoms with Crippen LogP contribution in [0.4, 0.5) is 17.1 Å². The van der Waals surface area contributed by atoms with Crippen LogP contribution < -0.4 is 4.90 Å². The molecule has 9 aromatic carbocycles. The molecule has 1 aliphatic carbocycles. The summed E-state index contributed by atoms with van der Waals surface area (Å²) in [7, 11) is 0. The number of nitrogens with zero attached hydrogens (tertiary/aromatic N) is 2. The van der Waals surface area contributed by atoms with Gasteiger partial charge in [-0.25, -0.2) is 0 Å². The first-order valence-corrected chi connectivity index (χ1v) is 21.8. The summed E-state index contributed by atoms with van der Waals surface area (Å²) in [6, 6.07) is 73.4. The second-order valence-corrected chi connectivity index (χ2v) is 16.7. The number of para-hydroxylation sites is 4. The van der Waals surface area contributed by atoms with Crippen LogP contribution in [0.1, 0.15) is 43.6 Å². The van der Waals surface area contributed by atoms with Gasteiger partial charge < -0.3 is 13.9 Å². The molecule has 0 bridgehead atoms. The SMILES string of the molecule is c1ccc(-n2c3ccccc3c3cc(N(c4cccc(-c5ccc6oc7ccccc7c6c5)c4)c4ccccc4-c4cccc5cccc(C6CCCCC6)c45)ccc32)cc1. The zero-order valence-electron chi connectivity index (χ0n) is 34.0. The van der Waals surface area contributed by atoms with Crippen molar-refractivity contribution in [3.05, 3.63) is 206 Å². The first-order valence-electron chi connectivity index (χ1n) is 21.8. The molecule has 2 aromatic heterocycles. The van der Waals surface area contributed by atoms with Gasteiger partial charge in [-0.3, -0.25) is 0 Å². The summed E-state index contributed by atoms with van der Waals surface area (Å²) < 4.78 is 8.63. The van der Waals surface area contributed by atoms with Crippen molar-refractivity contribution in [3.63, 3.8) is 0 Å². The molecule has 0 radical (unpaired) electrons.